The SMILES string of the molecule is CCOc1ccc(C2(CNC(=NC)N(C)Cc3ccc(F)cc3)CCOCC2)cc1. The Bertz CT molecular complexity index is 815. The molecule has 1 heterocycles. The van der Waals surface area contributed by atoms with E-state index >= 15 is 0 Å². The van der Waals surface area contributed by atoms with Gasteiger partial charge in [0.25, 0.3) is 0 Å². The van der Waals surface area contributed by atoms with Crippen molar-refractivity contribution in [1.82, 2.24) is 10.2 Å². The normalized spacial score (nSPS) is 16.2. The van der Waals surface area contributed by atoms with Gasteiger partial charge in [0, 0.05) is 45.8 Å². The van der Waals surface area contributed by atoms with Crippen molar-refractivity contribution in [2.75, 3.05) is 40.5 Å². The first kappa shape index (κ1) is 22.1. The van der Waals surface area contributed by atoms with Gasteiger partial charge in [-0.25, -0.2) is 4.39 Å². The van der Waals surface area contributed by atoms with Crippen LogP contribution in [0.2, 0.25) is 0 Å². The highest BCUT2D eigenvalue weighted by molar-refractivity contribution is 5.79. The number of nitrogens with one attached hydrogen (secondary N) is 1. The van der Waals surface area contributed by atoms with Crippen LogP contribution in [0, 0.1) is 5.82 Å². The van der Waals surface area contributed by atoms with Gasteiger partial charge in [-0.3, -0.25) is 4.99 Å². The Morgan fingerprint density at radius 3 is 2.40 bits per heavy atom. The van der Waals surface area contributed by atoms with E-state index < -0.39 is 0 Å². The third-order valence-corrected chi connectivity index (χ3v) is 5.72. The first-order chi connectivity index (χ1) is 14.6. The Balaban J connectivity index is 1.70. The smallest absolute Gasteiger partial charge is 0.193 e. The monoisotopic (exact) mass is 413 g/mol. The lowest BCUT2D eigenvalue weighted by Crippen LogP contribution is -2.48. The summed E-state index contributed by atoms with van der Waals surface area (Å²) in [5.41, 5.74) is 2.31. The first-order valence-corrected chi connectivity index (χ1v) is 10.5. The van der Waals surface area contributed by atoms with Crippen molar-refractivity contribution in [2.45, 2.75) is 31.7 Å². The Morgan fingerprint density at radius 2 is 1.80 bits per heavy atom. The fraction of sp³-hybridized carbons (Fsp3) is 0.458. The van der Waals surface area contributed by atoms with E-state index in [0.29, 0.717) is 13.2 Å². The second-order valence-electron chi connectivity index (χ2n) is 7.73. The van der Waals surface area contributed by atoms with Crippen molar-refractivity contribution >= 4 is 5.96 Å². The molecule has 2 aromatic carbocycles. The summed E-state index contributed by atoms with van der Waals surface area (Å²) in [6.45, 7) is 5.57. The highest BCUT2D eigenvalue weighted by atomic mass is 19.1. The molecule has 0 unspecified atom stereocenters. The van der Waals surface area contributed by atoms with E-state index in [4.69, 9.17) is 9.47 Å². The van der Waals surface area contributed by atoms with E-state index in [-0.39, 0.29) is 11.2 Å². The van der Waals surface area contributed by atoms with E-state index in [0.717, 1.165) is 49.9 Å². The average molecular weight is 414 g/mol. The molecule has 5 nitrogen and oxygen atoms in total. The topological polar surface area (TPSA) is 46.1 Å². The van der Waals surface area contributed by atoms with Gasteiger partial charge in [-0.2, -0.15) is 0 Å². The molecule has 0 aliphatic carbocycles. The Morgan fingerprint density at radius 1 is 1.13 bits per heavy atom. The summed E-state index contributed by atoms with van der Waals surface area (Å²) < 4.78 is 24.4. The Labute approximate surface area is 178 Å². The molecule has 0 saturated carbocycles. The van der Waals surface area contributed by atoms with Crippen molar-refractivity contribution in [2.24, 2.45) is 4.99 Å². The fourth-order valence-corrected chi connectivity index (χ4v) is 3.97. The maximum atomic E-state index is 13.2. The summed E-state index contributed by atoms with van der Waals surface area (Å²) in [4.78, 5) is 6.51. The van der Waals surface area contributed by atoms with Gasteiger partial charge in [0.05, 0.1) is 6.61 Å². The summed E-state index contributed by atoms with van der Waals surface area (Å²) in [5, 5.41) is 3.56. The molecule has 0 bridgehead atoms. The largest absolute Gasteiger partial charge is 0.494 e. The van der Waals surface area contributed by atoms with Crippen molar-refractivity contribution in [1.29, 1.82) is 0 Å². The van der Waals surface area contributed by atoms with Gasteiger partial charge in [0.2, 0.25) is 0 Å². The molecule has 30 heavy (non-hydrogen) atoms. The number of hydrogen-bond donors (Lipinski definition) is 1. The molecule has 1 N–H and O–H groups in total. The third-order valence-electron chi connectivity index (χ3n) is 5.72. The molecule has 1 aliphatic rings. The van der Waals surface area contributed by atoms with Gasteiger partial charge >= 0.3 is 0 Å². The van der Waals surface area contributed by atoms with Crippen molar-refractivity contribution in [3.8, 4) is 5.75 Å². The van der Waals surface area contributed by atoms with Gasteiger partial charge in [-0.15, -0.1) is 0 Å². The highest BCUT2D eigenvalue weighted by Crippen LogP contribution is 2.35. The lowest BCUT2D eigenvalue weighted by Gasteiger charge is -2.39. The molecule has 1 fully saturated rings. The lowest BCUT2D eigenvalue weighted by molar-refractivity contribution is 0.0512. The minimum atomic E-state index is -0.222. The average Bonchev–Trinajstić information content (AvgIpc) is 2.77. The van der Waals surface area contributed by atoms with Crippen LogP contribution in [0.4, 0.5) is 4.39 Å². The summed E-state index contributed by atoms with van der Waals surface area (Å²) in [6, 6.07) is 15.0. The standard InChI is InChI=1S/C24H32FN3O2/c1-4-30-22-11-7-20(8-12-22)24(13-15-29-16-14-24)18-27-23(26-2)28(3)17-19-5-9-21(25)10-6-19/h5-12H,4,13-18H2,1-3H3,(H,26,27). The highest BCUT2D eigenvalue weighted by Gasteiger charge is 2.35. The number of hydrogen-bond acceptors (Lipinski definition) is 3. The summed E-state index contributed by atoms with van der Waals surface area (Å²) >= 11 is 0. The third kappa shape index (κ3) is 5.51. The lowest BCUT2D eigenvalue weighted by atomic mass is 9.74. The van der Waals surface area contributed by atoms with Gasteiger partial charge in [-0.1, -0.05) is 24.3 Å². The fourth-order valence-electron chi connectivity index (χ4n) is 3.97. The number of ether oxygens (including phenoxy) is 2. The molecule has 162 valence electrons. The number of guanidine groups is 1. The number of rotatable bonds is 7. The minimum Gasteiger partial charge on any atom is -0.494 e. The van der Waals surface area contributed by atoms with Crippen molar-refractivity contribution in [3.05, 3.63) is 65.5 Å². The van der Waals surface area contributed by atoms with E-state index in [1.54, 1.807) is 19.2 Å². The maximum absolute atomic E-state index is 13.2. The number of aliphatic imine (C=N–C) groups is 1. The van der Waals surface area contributed by atoms with Crippen LogP contribution in [0.5, 0.6) is 5.75 Å². The van der Waals surface area contributed by atoms with E-state index in [1.165, 1.54) is 17.7 Å². The predicted molar refractivity (Wildman–Crippen MR) is 119 cm³/mol. The molecule has 0 radical (unpaired) electrons. The summed E-state index contributed by atoms with van der Waals surface area (Å²) in [6.07, 6.45) is 1.90. The Kier molecular flexibility index (Phi) is 7.69. The predicted octanol–water partition coefficient (Wildman–Crippen LogP) is 3.98. The summed E-state index contributed by atoms with van der Waals surface area (Å²) in [7, 11) is 3.78. The number of halogens is 1. The van der Waals surface area contributed by atoms with Crippen LogP contribution in [-0.4, -0.2) is 51.3 Å². The Hall–Kier alpha value is -2.60. The first-order valence-electron chi connectivity index (χ1n) is 10.5. The van der Waals surface area contributed by atoms with Gasteiger partial charge in [0.1, 0.15) is 11.6 Å². The van der Waals surface area contributed by atoms with Crippen LogP contribution in [0.3, 0.4) is 0 Å². The zero-order chi connectivity index (χ0) is 21.4. The molecule has 0 amide bonds. The molecule has 0 spiro atoms. The minimum absolute atomic E-state index is 0.0182. The van der Waals surface area contributed by atoms with Crippen LogP contribution >= 0.6 is 0 Å². The van der Waals surface area contributed by atoms with Crippen LogP contribution in [-0.2, 0) is 16.7 Å². The van der Waals surface area contributed by atoms with E-state index in [2.05, 4.69) is 27.3 Å². The maximum Gasteiger partial charge on any atom is 0.193 e. The van der Waals surface area contributed by atoms with Gasteiger partial charge in [0.15, 0.2) is 5.96 Å². The molecule has 6 heteroatoms. The second kappa shape index (κ2) is 10.4. The van der Waals surface area contributed by atoms with Crippen LogP contribution in [0.1, 0.15) is 30.9 Å². The second-order valence-corrected chi connectivity index (χ2v) is 7.73. The molecular formula is C24H32FN3O2. The zero-order valence-corrected chi connectivity index (χ0v) is 18.2. The molecule has 1 saturated heterocycles. The van der Waals surface area contributed by atoms with Gasteiger partial charge in [-0.05, 0) is 55.2 Å². The van der Waals surface area contributed by atoms with E-state index in [1.807, 2.05) is 26.1 Å². The quantitative estimate of drug-likeness (QED) is 0.551. The molecule has 2 aromatic rings. The molecule has 3 rings (SSSR count). The van der Waals surface area contributed by atoms with Crippen LogP contribution in [0.15, 0.2) is 53.5 Å². The number of nitrogens with zero attached hydrogens (tertiary/aromatic N) is 2. The van der Waals surface area contributed by atoms with Crippen molar-refractivity contribution < 1.29 is 13.9 Å². The van der Waals surface area contributed by atoms with Crippen LogP contribution < -0.4 is 10.1 Å². The molecule has 0 atom stereocenters. The number of benzene rings is 2. The van der Waals surface area contributed by atoms with E-state index in [9.17, 15) is 4.39 Å². The van der Waals surface area contributed by atoms with Crippen molar-refractivity contribution in [3.63, 3.8) is 0 Å². The molecule has 0 aromatic heterocycles. The van der Waals surface area contributed by atoms with Crippen LogP contribution in [0.25, 0.3) is 0 Å². The van der Waals surface area contributed by atoms with Gasteiger partial charge < -0.3 is 19.7 Å². The molecular weight excluding hydrogens is 381 g/mol. The molecule has 1 aliphatic heterocycles. The zero-order valence-electron chi connectivity index (χ0n) is 18.2. The summed E-state index contributed by atoms with van der Waals surface area (Å²) in [5.74, 6) is 1.49.